The lowest BCUT2D eigenvalue weighted by atomic mass is 10.0. The van der Waals surface area contributed by atoms with Crippen molar-refractivity contribution < 1.29 is 9.13 Å². The summed E-state index contributed by atoms with van der Waals surface area (Å²) in [7, 11) is 0. The summed E-state index contributed by atoms with van der Waals surface area (Å²) in [5, 5.41) is 0. The lowest BCUT2D eigenvalue weighted by molar-refractivity contribution is 0.191. The average Bonchev–Trinajstić information content (AvgIpc) is 2.06. The van der Waals surface area contributed by atoms with Gasteiger partial charge in [0.2, 0.25) is 6.86 Å². The molecule has 0 radical (unpaired) electrons. The molecule has 0 aliphatic heterocycles. The first kappa shape index (κ1) is 9.04. The highest BCUT2D eigenvalue weighted by atomic mass is 19.1. The second-order valence-electron chi connectivity index (χ2n) is 2.98. The predicted molar refractivity (Wildman–Crippen MR) is 47.1 cm³/mol. The van der Waals surface area contributed by atoms with Crippen molar-refractivity contribution in [1.29, 1.82) is 0 Å². The Balaban J connectivity index is 2.71. The number of alkyl halides is 1. The summed E-state index contributed by atoms with van der Waals surface area (Å²) in [5.74, 6) is 1.09. The maximum Gasteiger partial charge on any atom is 0.228 e. The van der Waals surface area contributed by atoms with E-state index in [4.69, 9.17) is 0 Å². The Morgan fingerprint density at radius 2 is 1.83 bits per heavy atom. The lowest BCUT2D eigenvalue weighted by Crippen LogP contribution is -1.91. The molecule has 0 heterocycles. The highest BCUT2D eigenvalue weighted by Gasteiger charge is 1.98. The van der Waals surface area contributed by atoms with Crippen molar-refractivity contribution in [2.24, 2.45) is 0 Å². The minimum Gasteiger partial charge on any atom is -0.463 e. The molecule has 0 atom stereocenters. The van der Waals surface area contributed by atoms with Gasteiger partial charge in [-0.3, -0.25) is 0 Å². The summed E-state index contributed by atoms with van der Waals surface area (Å²) in [4.78, 5) is 0. The van der Waals surface area contributed by atoms with Gasteiger partial charge in [0.1, 0.15) is 5.75 Å². The Bertz CT molecular complexity index is 228. The highest BCUT2D eigenvalue weighted by Crippen LogP contribution is 2.18. The van der Waals surface area contributed by atoms with Crippen LogP contribution in [0, 0.1) is 0 Å². The van der Waals surface area contributed by atoms with Gasteiger partial charge in [-0.15, -0.1) is 0 Å². The Kier molecular flexibility index (Phi) is 3.09. The first-order valence-electron chi connectivity index (χ1n) is 4.02. The minimum atomic E-state index is -0.763. The smallest absolute Gasteiger partial charge is 0.228 e. The van der Waals surface area contributed by atoms with Crippen LogP contribution in [0.4, 0.5) is 4.39 Å². The van der Waals surface area contributed by atoms with Gasteiger partial charge in [0, 0.05) is 0 Å². The summed E-state index contributed by atoms with van der Waals surface area (Å²) >= 11 is 0. The third-order valence-electron chi connectivity index (χ3n) is 1.77. The fourth-order valence-corrected chi connectivity index (χ4v) is 1.01. The Hall–Kier alpha value is -1.05. The molecule has 0 aromatic heterocycles. The molecule has 0 bridgehead atoms. The largest absolute Gasteiger partial charge is 0.463 e. The zero-order chi connectivity index (χ0) is 8.97. The molecule has 1 aromatic carbocycles. The maximum atomic E-state index is 11.7. The Morgan fingerprint density at radius 1 is 1.25 bits per heavy atom. The van der Waals surface area contributed by atoms with Gasteiger partial charge in [-0.25, -0.2) is 4.39 Å². The van der Waals surface area contributed by atoms with Gasteiger partial charge in [0.25, 0.3) is 0 Å². The van der Waals surface area contributed by atoms with Crippen molar-refractivity contribution >= 4 is 0 Å². The van der Waals surface area contributed by atoms with Crippen molar-refractivity contribution in [3.63, 3.8) is 0 Å². The molecule has 0 unspecified atom stereocenters. The van der Waals surface area contributed by atoms with E-state index in [9.17, 15) is 4.39 Å². The number of halogens is 1. The molecule has 0 fully saturated rings. The molecule has 2 heteroatoms. The minimum absolute atomic E-state index is 0.504. The fraction of sp³-hybridized carbons (Fsp3) is 0.400. The van der Waals surface area contributed by atoms with E-state index in [-0.39, 0.29) is 0 Å². The van der Waals surface area contributed by atoms with Crippen molar-refractivity contribution in [2.75, 3.05) is 6.86 Å². The molecule has 1 rings (SSSR count). The Labute approximate surface area is 72.2 Å². The summed E-state index contributed by atoms with van der Waals surface area (Å²) in [5.41, 5.74) is 1.24. The van der Waals surface area contributed by atoms with Gasteiger partial charge in [-0.1, -0.05) is 26.0 Å². The third kappa shape index (κ3) is 2.22. The van der Waals surface area contributed by atoms with Crippen molar-refractivity contribution in [3.05, 3.63) is 29.8 Å². The van der Waals surface area contributed by atoms with E-state index in [2.05, 4.69) is 18.6 Å². The molecule has 0 N–H and O–H groups in total. The van der Waals surface area contributed by atoms with Crippen LogP contribution in [0.2, 0.25) is 0 Å². The van der Waals surface area contributed by atoms with E-state index in [1.165, 1.54) is 5.56 Å². The number of hydrogen-bond donors (Lipinski definition) is 0. The number of ether oxygens (including phenoxy) is 1. The first-order chi connectivity index (χ1) is 5.74. The summed E-state index contributed by atoms with van der Waals surface area (Å²) in [6.07, 6.45) is 0. The normalized spacial score (nSPS) is 10.3. The number of rotatable bonds is 3. The van der Waals surface area contributed by atoms with Crippen molar-refractivity contribution in [3.8, 4) is 5.75 Å². The predicted octanol–water partition coefficient (Wildman–Crippen LogP) is 3.12. The average molecular weight is 168 g/mol. The van der Waals surface area contributed by atoms with Crippen molar-refractivity contribution in [1.82, 2.24) is 0 Å². The molecule has 1 aromatic rings. The molecule has 0 aliphatic carbocycles. The molecular formula is C10H13FO. The summed E-state index contributed by atoms with van der Waals surface area (Å²) in [6.45, 7) is 3.47. The van der Waals surface area contributed by atoms with E-state index in [0.717, 1.165) is 0 Å². The second-order valence-corrected chi connectivity index (χ2v) is 2.98. The van der Waals surface area contributed by atoms with Crippen LogP contribution in [0.25, 0.3) is 0 Å². The highest BCUT2D eigenvalue weighted by molar-refractivity contribution is 5.28. The molecule has 0 spiro atoms. The van der Waals surface area contributed by atoms with E-state index >= 15 is 0 Å². The molecule has 0 saturated heterocycles. The van der Waals surface area contributed by atoms with Gasteiger partial charge in [-0.05, 0) is 23.6 Å². The van der Waals surface area contributed by atoms with E-state index in [0.29, 0.717) is 11.7 Å². The number of benzene rings is 1. The molecule has 0 amide bonds. The SMILES string of the molecule is CC(C)c1ccc(OCF)cc1. The zero-order valence-corrected chi connectivity index (χ0v) is 7.38. The van der Waals surface area contributed by atoms with Crippen LogP contribution in [-0.2, 0) is 0 Å². The molecular weight excluding hydrogens is 155 g/mol. The van der Waals surface area contributed by atoms with Crippen LogP contribution in [0.5, 0.6) is 5.75 Å². The topological polar surface area (TPSA) is 9.23 Å². The van der Waals surface area contributed by atoms with Crippen molar-refractivity contribution in [2.45, 2.75) is 19.8 Å². The molecule has 1 nitrogen and oxygen atoms in total. The molecule has 0 saturated carbocycles. The zero-order valence-electron chi connectivity index (χ0n) is 7.38. The van der Waals surface area contributed by atoms with Crippen LogP contribution in [0.15, 0.2) is 24.3 Å². The van der Waals surface area contributed by atoms with Gasteiger partial charge >= 0.3 is 0 Å². The van der Waals surface area contributed by atoms with Crippen LogP contribution in [-0.4, -0.2) is 6.86 Å². The quantitative estimate of drug-likeness (QED) is 0.673. The van der Waals surface area contributed by atoms with Crippen LogP contribution in [0.1, 0.15) is 25.3 Å². The Morgan fingerprint density at radius 3 is 2.25 bits per heavy atom. The first-order valence-corrected chi connectivity index (χ1v) is 4.02. The van der Waals surface area contributed by atoms with Crippen LogP contribution in [0.3, 0.4) is 0 Å². The fourth-order valence-electron chi connectivity index (χ4n) is 1.01. The van der Waals surface area contributed by atoms with E-state index in [1.54, 1.807) is 12.1 Å². The van der Waals surface area contributed by atoms with Crippen LogP contribution >= 0.6 is 0 Å². The molecule has 66 valence electrons. The summed E-state index contributed by atoms with van der Waals surface area (Å²) in [6, 6.07) is 7.48. The van der Waals surface area contributed by atoms with Gasteiger partial charge in [-0.2, -0.15) is 0 Å². The summed E-state index contributed by atoms with van der Waals surface area (Å²) < 4.78 is 16.4. The maximum absolute atomic E-state index is 11.7. The van der Waals surface area contributed by atoms with Gasteiger partial charge in [0.05, 0.1) is 0 Å². The van der Waals surface area contributed by atoms with E-state index < -0.39 is 6.86 Å². The van der Waals surface area contributed by atoms with Gasteiger partial charge in [0.15, 0.2) is 0 Å². The monoisotopic (exact) mass is 168 g/mol. The second kappa shape index (κ2) is 4.10. The third-order valence-corrected chi connectivity index (χ3v) is 1.77. The van der Waals surface area contributed by atoms with Crippen LogP contribution < -0.4 is 4.74 Å². The lowest BCUT2D eigenvalue weighted by Gasteiger charge is -2.05. The number of hydrogen-bond acceptors (Lipinski definition) is 1. The standard InChI is InChI=1S/C10H13FO/c1-8(2)9-3-5-10(6-4-9)12-7-11/h3-6,8H,7H2,1-2H3. The molecule has 12 heavy (non-hydrogen) atoms. The van der Waals surface area contributed by atoms with E-state index in [1.807, 2.05) is 12.1 Å². The molecule has 0 aliphatic rings. The van der Waals surface area contributed by atoms with Gasteiger partial charge < -0.3 is 4.74 Å².